The van der Waals surface area contributed by atoms with Crippen LogP contribution in [0.1, 0.15) is 13.8 Å². The Bertz CT molecular complexity index is 245. The number of hydrogen-bond donors (Lipinski definition) is 1. The zero-order valence-corrected chi connectivity index (χ0v) is 7.96. The predicted molar refractivity (Wildman–Crippen MR) is 55.3 cm³/mol. The molecule has 0 aromatic heterocycles. The maximum Gasteiger partial charge on any atom is 0.125 e. The lowest BCUT2D eigenvalue weighted by Gasteiger charge is -2.02. The fraction of sp³-hybridized carbons (Fsp3) is 0.300. The van der Waals surface area contributed by atoms with Crippen LogP contribution in [0.3, 0.4) is 0 Å². The van der Waals surface area contributed by atoms with Gasteiger partial charge in [0.1, 0.15) is 5.84 Å². The Morgan fingerprint density at radius 3 is 2.42 bits per heavy atom. The summed E-state index contributed by atoms with van der Waals surface area (Å²) in [5.41, 5.74) is 7.62. The van der Waals surface area contributed by atoms with E-state index in [0.29, 0.717) is 5.84 Å². The molecule has 0 aliphatic rings. The zero-order valence-electron chi connectivity index (χ0n) is 7.96. The molecule has 0 unspecified atom stereocenters. The molecule has 0 fully saturated rings. The molecule has 0 heterocycles. The van der Waals surface area contributed by atoms with Crippen LogP contribution in [0.4, 0.5) is 0 Å². The number of nitrogens with zero attached hydrogens (tertiary/aromatic N) is 1. The number of allylic oxidation sites excluding steroid dienone is 3. The molecule has 2 N–H and O–H groups in total. The van der Waals surface area contributed by atoms with Crippen LogP contribution in [-0.2, 0) is 0 Å². The van der Waals surface area contributed by atoms with E-state index in [9.17, 15) is 0 Å². The first-order valence-corrected chi connectivity index (χ1v) is 3.86. The molecular weight excluding hydrogens is 148 g/mol. The minimum Gasteiger partial charge on any atom is -0.384 e. The summed E-state index contributed by atoms with van der Waals surface area (Å²) in [6.07, 6.45) is 5.66. The van der Waals surface area contributed by atoms with Crippen LogP contribution in [0.2, 0.25) is 0 Å². The third-order valence-corrected chi connectivity index (χ3v) is 1.56. The maximum atomic E-state index is 5.65. The smallest absolute Gasteiger partial charge is 0.125 e. The fourth-order valence-corrected chi connectivity index (χ4v) is 0.928. The van der Waals surface area contributed by atoms with E-state index in [0.717, 1.165) is 11.1 Å². The van der Waals surface area contributed by atoms with Gasteiger partial charge in [-0.25, -0.2) is 0 Å². The molecule has 12 heavy (non-hydrogen) atoms. The molecule has 2 nitrogen and oxygen atoms in total. The Kier molecular flexibility index (Phi) is 4.77. The van der Waals surface area contributed by atoms with Crippen molar-refractivity contribution in [1.82, 2.24) is 0 Å². The minimum absolute atomic E-state index is 0.528. The van der Waals surface area contributed by atoms with Crippen LogP contribution in [0.5, 0.6) is 0 Å². The Morgan fingerprint density at radius 2 is 2.08 bits per heavy atom. The molecule has 0 aromatic carbocycles. The number of rotatable bonds is 3. The van der Waals surface area contributed by atoms with Crippen molar-refractivity contribution in [3.8, 4) is 0 Å². The second-order valence-electron chi connectivity index (χ2n) is 2.41. The highest BCUT2D eigenvalue weighted by Crippen LogP contribution is 2.06. The van der Waals surface area contributed by atoms with Gasteiger partial charge in [-0.1, -0.05) is 24.8 Å². The van der Waals surface area contributed by atoms with E-state index in [2.05, 4.69) is 11.6 Å². The molecule has 0 saturated heterocycles. The van der Waals surface area contributed by atoms with Crippen molar-refractivity contribution in [2.75, 3.05) is 7.05 Å². The summed E-state index contributed by atoms with van der Waals surface area (Å²) < 4.78 is 0. The second kappa shape index (κ2) is 5.35. The summed E-state index contributed by atoms with van der Waals surface area (Å²) in [5.74, 6) is 0.528. The van der Waals surface area contributed by atoms with Gasteiger partial charge in [-0.3, -0.25) is 4.99 Å². The lowest BCUT2D eigenvalue weighted by Crippen LogP contribution is -2.14. The molecular formula is C10H16N2. The van der Waals surface area contributed by atoms with Gasteiger partial charge in [0, 0.05) is 12.6 Å². The van der Waals surface area contributed by atoms with E-state index in [1.807, 2.05) is 26.0 Å². The maximum absolute atomic E-state index is 5.65. The van der Waals surface area contributed by atoms with Gasteiger partial charge in [-0.2, -0.15) is 0 Å². The molecule has 0 atom stereocenters. The first-order chi connectivity index (χ1) is 5.67. The van der Waals surface area contributed by atoms with Gasteiger partial charge in [-0.05, 0) is 19.4 Å². The van der Waals surface area contributed by atoms with Gasteiger partial charge in [0.25, 0.3) is 0 Å². The molecule has 0 bridgehead atoms. The third kappa shape index (κ3) is 2.74. The van der Waals surface area contributed by atoms with Crippen molar-refractivity contribution >= 4 is 5.84 Å². The highest BCUT2D eigenvalue weighted by Gasteiger charge is 1.98. The first-order valence-electron chi connectivity index (χ1n) is 3.86. The van der Waals surface area contributed by atoms with E-state index in [1.165, 1.54) is 0 Å². The minimum atomic E-state index is 0.528. The second-order valence-corrected chi connectivity index (χ2v) is 2.41. The van der Waals surface area contributed by atoms with Crippen molar-refractivity contribution in [3.63, 3.8) is 0 Å². The van der Waals surface area contributed by atoms with E-state index in [-0.39, 0.29) is 0 Å². The predicted octanol–water partition coefficient (Wildman–Crippen LogP) is 2.05. The van der Waals surface area contributed by atoms with E-state index >= 15 is 0 Å². The molecule has 0 amide bonds. The molecule has 0 aromatic rings. The number of aliphatic imine (C=N–C) groups is 1. The molecule has 2 heteroatoms. The van der Waals surface area contributed by atoms with Crippen LogP contribution in [0.25, 0.3) is 0 Å². The van der Waals surface area contributed by atoms with Crippen molar-refractivity contribution < 1.29 is 0 Å². The van der Waals surface area contributed by atoms with Gasteiger partial charge >= 0.3 is 0 Å². The Balaban J connectivity index is 4.99. The molecule has 66 valence electrons. The van der Waals surface area contributed by atoms with Crippen LogP contribution in [0.15, 0.2) is 40.9 Å². The van der Waals surface area contributed by atoms with Crippen molar-refractivity contribution in [1.29, 1.82) is 0 Å². The normalized spacial score (nSPS) is 14.8. The van der Waals surface area contributed by atoms with Crippen molar-refractivity contribution in [2.24, 2.45) is 10.7 Å². The summed E-state index contributed by atoms with van der Waals surface area (Å²) in [6.45, 7) is 7.62. The van der Waals surface area contributed by atoms with Gasteiger partial charge in [0.2, 0.25) is 0 Å². The number of hydrogen-bond acceptors (Lipinski definition) is 1. The summed E-state index contributed by atoms with van der Waals surface area (Å²) >= 11 is 0. The fourth-order valence-electron chi connectivity index (χ4n) is 0.928. The van der Waals surface area contributed by atoms with Gasteiger partial charge < -0.3 is 5.73 Å². The lowest BCUT2D eigenvalue weighted by molar-refractivity contribution is 1.36. The number of nitrogens with two attached hydrogens (primary N) is 1. The molecule has 0 radical (unpaired) electrons. The van der Waals surface area contributed by atoms with Gasteiger partial charge in [0.15, 0.2) is 0 Å². The van der Waals surface area contributed by atoms with Crippen LogP contribution < -0.4 is 5.73 Å². The lowest BCUT2D eigenvalue weighted by atomic mass is 10.1. The molecule has 0 aliphatic carbocycles. The topological polar surface area (TPSA) is 38.4 Å². The SMILES string of the molecule is C=C/C(C(N)=NC)=C(C)\C=C/C. The van der Waals surface area contributed by atoms with Crippen molar-refractivity contribution in [2.45, 2.75) is 13.8 Å². The van der Waals surface area contributed by atoms with E-state index in [4.69, 9.17) is 5.73 Å². The highest BCUT2D eigenvalue weighted by molar-refractivity contribution is 6.00. The molecule has 0 spiro atoms. The quantitative estimate of drug-likeness (QED) is 0.387. The van der Waals surface area contributed by atoms with Gasteiger partial charge in [-0.15, -0.1) is 0 Å². The molecule has 0 saturated carbocycles. The summed E-state index contributed by atoms with van der Waals surface area (Å²) in [7, 11) is 1.67. The average molecular weight is 164 g/mol. The number of amidine groups is 1. The molecule has 0 aliphatic heterocycles. The Labute approximate surface area is 74.2 Å². The van der Waals surface area contributed by atoms with E-state index < -0.39 is 0 Å². The van der Waals surface area contributed by atoms with Crippen LogP contribution in [0, 0.1) is 0 Å². The van der Waals surface area contributed by atoms with Gasteiger partial charge in [0.05, 0.1) is 0 Å². The summed E-state index contributed by atoms with van der Waals surface area (Å²) in [5, 5.41) is 0. The van der Waals surface area contributed by atoms with Crippen LogP contribution in [-0.4, -0.2) is 12.9 Å². The van der Waals surface area contributed by atoms with Crippen LogP contribution >= 0.6 is 0 Å². The average Bonchev–Trinajstić information content (AvgIpc) is 2.06. The largest absolute Gasteiger partial charge is 0.384 e. The van der Waals surface area contributed by atoms with E-state index in [1.54, 1.807) is 13.1 Å². The zero-order chi connectivity index (χ0) is 9.56. The first kappa shape index (κ1) is 10.7. The van der Waals surface area contributed by atoms with Crippen molar-refractivity contribution in [3.05, 3.63) is 36.0 Å². The monoisotopic (exact) mass is 164 g/mol. The Hall–Kier alpha value is -1.31. The highest BCUT2D eigenvalue weighted by atomic mass is 14.8. The standard InChI is InChI=1S/C10H16N2/c1-5-7-8(3)9(6-2)10(11)12-4/h5-7H,2H2,1,3-4H3,(H2,11,12)/b7-5-,9-8+. The summed E-state index contributed by atoms with van der Waals surface area (Å²) in [4.78, 5) is 3.89. The summed E-state index contributed by atoms with van der Waals surface area (Å²) in [6, 6.07) is 0. The Morgan fingerprint density at radius 1 is 1.50 bits per heavy atom. The third-order valence-electron chi connectivity index (χ3n) is 1.56. The molecule has 0 rings (SSSR count).